The third-order valence-electron chi connectivity index (χ3n) is 3.89. The zero-order valence-electron chi connectivity index (χ0n) is 13.6. The summed E-state index contributed by atoms with van der Waals surface area (Å²) in [6, 6.07) is 0. The van der Waals surface area contributed by atoms with Gasteiger partial charge in [0.1, 0.15) is 12.2 Å². The second-order valence-electron chi connectivity index (χ2n) is 5.96. The van der Waals surface area contributed by atoms with E-state index in [1.807, 2.05) is 31.1 Å². The van der Waals surface area contributed by atoms with Crippen molar-refractivity contribution in [3.05, 3.63) is 30.1 Å². The van der Waals surface area contributed by atoms with Crippen LogP contribution in [0.2, 0.25) is 0 Å². The highest BCUT2D eigenvalue weighted by Gasteiger charge is 2.15. The summed E-state index contributed by atoms with van der Waals surface area (Å²) in [5, 5.41) is 11.2. The third kappa shape index (κ3) is 4.46. The monoisotopic (exact) mass is 317 g/mol. The van der Waals surface area contributed by atoms with Crippen molar-refractivity contribution < 1.29 is 4.74 Å². The fourth-order valence-corrected chi connectivity index (χ4v) is 2.60. The van der Waals surface area contributed by atoms with Gasteiger partial charge in [-0.25, -0.2) is 9.97 Å². The quantitative estimate of drug-likeness (QED) is 0.810. The van der Waals surface area contributed by atoms with E-state index in [2.05, 4.69) is 30.4 Å². The van der Waals surface area contributed by atoms with E-state index in [0.29, 0.717) is 5.95 Å². The molecule has 8 heteroatoms. The molecule has 0 unspecified atom stereocenters. The smallest absolute Gasteiger partial charge is 0.222 e. The molecule has 1 saturated heterocycles. The molecule has 0 saturated carbocycles. The lowest BCUT2D eigenvalue weighted by Crippen LogP contribution is -2.21. The molecule has 0 radical (unpaired) electrons. The summed E-state index contributed by atoms with van der Waals surface area (Å²) in [6.45, 7) is 3.13. The lowest BCUT2D eigenvalue weighted by atomic mass is 10.2. The van der Waals surface area contributed by atoms with Crippen LogP contribution < -0.4 is 5.32 Å². The van der Waals surface area contributed by atoms with Crippen LogP contribution in [0, 0.1) is 0 Å². The van der Waals surface area contributed by atoms with E-state index >= 15 is 0 Å². The van der Waals surface area contributed by atoms with Gasteiger partial charge in [-0.15, -0.1) is 10.2 Å². The Kier molecular flexibility index (Phi) is 5.14. The Hall–Kier alpha value is -2.06. The molecule has 0 aliphatic carbocycles. The van der Waals surface area contributed by atoms with Crippen molar-refractivity contribution in [3.63, 3.8) is 0 Å². The summed E-state index contributed by atoms with van der Waals surface area (Å²) in [6.07, 6.45) is 7.97. The maximum absolute atomic E-state index is 5.57. The molecule has 2 aromatic rings. The van der Waals surface area contributed by atoms with Gasteiger partial charge in [0.2, 0.25) is 5.95 Å². The van der Waals surface area contributed by atoms with Gasteiger partial charge < -0.3 is 14.6 Å². The molecule has 1 N–H and O–H groups in total. The molecule has 0 spiro atoms. The molecule has 2 aromatic heterocycles. The number of aromatic nitrogens is 5. The fraction of sp³-hybridized carbons (Fsp3) is 0.600. The molecular formula is C15H23N7O. The largest absolute Gasteiger partial charge is 0.376 e. The Morgan fingerprint density at radius 3 is 2.83 bits per heavy atom. The predicted molar refractivity (Wildman–Crippen MR) is 85.7 cm³/mol. The van der Waals surface area contributed by atoms with E-state index in [9.17, 15) is 0 Å². The molecule has 0 aromatic carbocycles. The summed E-state index contributed by atoms with van der Waals surface area (Å²) in [5.74, 6) is 1.59. The van der Waals surface area contributed by atoms with Crippen molar-refractivity contribution in [1.29, 1.82) is 0 Å². The maximum atomic E-state index is 5.57. The van der Waals surface area contributed by atoms with Crippen LogP contribution in [0.25, 0.3) is 0 Å². The molecule has 8 nitrogen and oxygen atoms in total. The lowest BCUT2D eigenvalue weighted by Gasteiger charge is -2.16. The lowest BCUT2D eigenvalue weighted by molar-refractivity contribution is 0.120. The van der Waals surface area contributed by atoms with E-state index in [1.54, 1.807) is 6.33 Å². The van der Waals surface area contributed by atoms with Crippen LogP contribution in [-0.2, 0) is 24.9 Å². The zero-order chi connectivity index (χ0) is 16.1. The van der Waals surface area contributed by atoms with Gasteiger partial charge in [-0.2, -0.15) is 0 Å². The molecule has 1 aliphatic rings. The summed E-state index contributed by atoms with van der Waals surface area (Å²) in [5.41, 5.74) is 1.07. The maximum Gasteiger partial charge on any atom is 0.222 e. The van der Waals surface area contributed by atoms with Crippen molar-refractivity contribution in [1.82, 2.24) is 29.6 Å². The number of hydrogen-bond donors (Lipinski definition) is 1. The van der Waals surface area contributed by atoms with Gasteiger partial charge in [-0.3, -0.25) is 4.90 Å². The number of rotatable bonds is 7. The number of hydrogen-bond acceptors (Lipinski definition) is 7. The summed E-state index contributed by atoms with van der Waals surface area (Å²) in [7, 11) is 3.99. The first-order valence-electron chi connectivity index (χ1n) is 7.88. The van der Waals surface area contributed by atoms with Gasteiger partial charge in [0, 0.05) is 44.7 Å². The molecule has 0 bridgehead atoms. The van der Waals surface area contributed by atoms with Crippen molar-refractivity contribution in [2.24, 2.45) is 7.05 Å². The Morgan fingerprint density at radius 2 is 2.17 bits per heavy atom. The van der Waals surface area contributed by atoms with Crippen molar-refractivity contribution in [2.45, 2.75) is 32.0 Å². The molecular weight excluding hydrogens is 294 g/mol. The molecule has 3 heterocycles. The highest BCUT2D eigenvalue weighted by Crippen LogP contribution is 2.12. The Balaban J connectivity index is 1.47. The minimum Gasteiger partial charge on any atom is -0.376 e. The molecule has 1 aliphatic heterocycles. The average molecular weight is 317 g/mol. The molecule has 1 fully saturated rings. The first-order valence-corrected chi connectivity index (χ1v) is 7.88. The van der Waals surface area contributed by atoms with Gasteiger partial charge in [0.05, 0.1) is 12.6 Å². The van der Waals surface area contributed by atoms with Crippen LogP contribution in [0.5, 0.6) is 0 Å². The average Bonchev–Trinajstić information content (AvgIpc) is 3.19. The SMILES string of the molecule is CN(Cc1cnc(NC[C@@H]2CCCO2)nc1)Cc1nncn1C. The summed E-state index contributed by atoms with van der Waals surface area (Å²) in [4.78, 5) is 10.9. The van der Waals surface area contributed by atoms with Gasteiger partial charge >= 0.3 is 0 Å². The number of anilines is 1. The van der Waals surface area contributed by atoms with E-state index in [1.165, 1.54) is 0 Å². The van der Waals surface area contributed by atoms with Gasteiger partial charge in [0.25, 0.3) is 0 Å². The van der Waals surface area contributed by atoms with E-state index in [-0.39, 0.29) is 6.10 Å². The number of nitrogens with zero attached hydrogens (tertiary/aromatic N) is 6. The van der Waals surface area contributed by atoms with E-state index in [4.69, 9.17) is 4.74 Å². The third-order valence-corrected chi connectivity index (χ3v) is 3.89. The minimum atomic E-state index is 0.288. The van der Waals surface area contributed by atoms with Crippen molar-refractivity contribution >= 4 is 5.95 Å². The topological polar surface area (TPSA) is 81.0 Å². The first kappa shape index (κ1) is 15.8. The number of aryl methyl sites for hydroxylation is 1. The number of ether oxygens (including phenoxy) is 1. The highest BCUT2D eigenvalue weighted by atomic mass is 16.5. The molecule has 23 heavy (non-hydrogen) atoms. The Labute approximate surface area is 135 Å². The van der Waals surface area contributed by atoms with Crippen LogP contribution in [0.15, 0.2) is 18.7 Å². The molecule has 124 valence electrons. The van der Waals surface area contributed by atoms with E-state index in [0.717, 1.165) is 50.5 Å². The van der Waals surface area contributed by atoms with Crippen LogP contribution in [-0.4, -0.2) is 55.9 Å². The van der Waals surface area contributed by atoms with Crippen LogP contribution in [0.4, 0.5) is 5.95 Å². The van der Waals surface area contributed by atoms with Crippen molar-refractivity contribution in [2.75, 3.05) is 25.5 Å². The predicted octanol–water partition coefficient (Wildman–Crippen LogP) is 0.828. The first-order chi connectivity index (χ1) is 11.2. The van der Waals surface area contributed by atoms with Crippen molar-refractivity contribution in [3.8, 4) is 0 Å². The fourth-order valence-electron chi connectivity index (χ4n) is 2.60. The van der Waals surface area contributed by atoms with Crippen LogP contribution >= 0.6 is 0 Å². The standard InChI is InChI=1S/C15H23N7O/c1-21(10-14-20-19-11-22(14)2)9-12-6-16-15(17-7-12)18-8-13-4-3-5-23-13/h6-7,11,13H,3-5,8-10H2,1-2H3,(H,16,17,18)/t13-/m0/s1. The van der Waals surface area contributed by atoms with Crippen LogP contribution in [0.3, 0.4) is 0 Å². The van der Waals surface area contributed by atoms with E-state index < -0.39 is 0 Å². The second-order valence-corrected chi connectivity index (χ2v) is 5.96. The minimum absolute atomic E-state index is 0.288. The normalized spacial score (nSPS) is 17.8. The highest BCUT2D eigenvalue weighted by molar-refractivity contribution is 5.24. The summed E-state index contributed by atoms with van der Waals surface area (Å²) < 4.78 is 7.49. The Bertz CT molecular complexity index is 607. The molecule has 1 atom stereocenters. The number of nitrogens with one attached hydrogen (secondary N) is 1. The molecule has 0 amide bonds. The van der Waals surface area contributed by atoms with Gasteiger partial charge in [-0.1, -0.05) is 0 Å². The summed E-state index contributed by atoms with van der Waals surface area (Å²) >= 11 is 0. The van der Waals surface area contributed by atoms with Crippen LogP contribution in [0.1, 0.15) is 24.2 Å². The van der Waals surface area contributed by atoms with Gasteiger partial charge in [-0.05, 0) is 19.9 Å². The molecule has 3 rings (SSSR count). The zero-order valence-corrected chi connectivity index (χ0v) is 13.6. The van der Waals surface area contributed by atoms with Gasteiger partial charge in [0.15, 0.2) is 0 Å². The second kappa shape index (κ2) is 7.47. The Morgan fingerprint density at radius 1 is 1.35 bits per heavy atom.